The van der Waals surface area contributed by atoms with E-state index >= 15 is 0 Å². The van der Waals surface area contributed by atoms with Crippen molar-refractivity contribution in [3.8, 4) is 0 Å². The van der Waals surface area contributed by atoms with Crippen molar-refractivity contribution in [3.63, 3.8) is 0 Å². The van der Waals surface area contributed by atoms with Crippen LogP contribution in [0.5, 0.6) is 0 Å². The van der Waals surface area contributed by atoms with Crippen LogP contribution in [0.25, 0.3) is 0 Å². The third-order valence-corrected chi connectivity index (χ3v) is 0. The second-order valence-electron chi connectivity index (χ2n) is 1.89. The molecule has 0 aromatic rings. The Morgan fingerprint density at radius 2 is 1.17 bits per heavy atom. The monoisotopic (exact) mass is 173 g/mol. The van der Waals surface area contributed by atoms with E-state index in [0.717, 1.165) is 0 Å². The molecule has 0 N–H and O–H groups in total. The van der Waals surface area contributed by atoms with Gasteiger partial charge in [-0.15, -0.1) is 0 Å². The van der Waals surface area contributed by atoms with Gasteiger partial charge in [0.25, 0.3) is 0 Å². The molecule has 6 heavy (non-hydrogen) atoms. The van der Waals surface area contributed by atoms with Crippen LogP contribution in [0, 0.1) is 5.21 Å². The van der Waals surface area contributed by atoms with Crippen molar-refractivity contribution in [1.29, 1.82) is 0 Å². The molecule has 0 saturated carbocycles. The SMILES string of the molecule is C[N+](C)(C)[O-].[Mo]. The Kier molecular flexibility index (Phi) is 4.45. The maximum atomic E-state index is 10.0. The zero-order valence-electron chi connectivity index (χ0n) is 4.26. The van der Waals surface area contributed by atoms with E-state index in [-0.39, 0.29) is 25.7 Å². The molecule has 0 aromatic heterocycles. The van der Waals surface area contributed by atoms with Gasteiger partial charge in [0, 0.05) is 21.1 Å². The number of nitrogens with zero attached hydrogens (tertiary/aromatic N) is 1. The smallest absolute Gasteiger partial charge is 0.0674 e. The topological polar surface area (TPSA) is 23.1 Å². The Labute approximate surface area is 52.6 Å². The van der Waals surface area contributed by atoms with Crippen molar-refractivity contribution < 1.29 is 25.7 Å². The van der Waals surface area contributed by atoms with Crippen LogP contribution in [0.1, 0.15) is 0 Å². The van der Waals surface area contributed by atoms with Gasteiger partial charge in [-0.2, -0.15) is 0 Å². The van der Waals surface area contributed by atoms with Crippen molar-refractivity contribution >= 4 is 0 Å². The molecule has 0 amide bonds. The molecule has 0 rings (SSSR count). The quantitative estimate of drug-likeness (QED) is 0.290. The number of quaternary nitrogens is 1. The van der Waals surface area contributed by atoms with Crippen molar-refractivity contribution in [2.45, 2.75) is 0 Å². The average Bonchev–Trinajstić information content (AvgIpc) is 0.722. The molecule has 0 aliphatic heterocycles. The molecule has 0 aliphatic carbocycles. The summed E-state index contributed by atoms with van der Waals surface area (Å²) in [6.45, 7) is 0. The van der Waals surface area contributed by atoms with Crippen LogP contribution in [0.4, 0.5) is 0 Å². The van der Waals surface area contributed by atoms with E-state index < -0.39 is 0 Å². The summed E-state index contributed by atoms with van der Waals surface area (Å²) in [6.07, 6.45) is 0. The molecular formula is C3H9MoNO. The van der Waals surface area contributed by atoms with Crippen molar-refractivity contribution in [3.05, 3.63) is 5.21 Å². The fourth-order valence-electron chi connectivity index (χ4n) is 0. The van der Waals surface area contributed by atoms with E-state index in [1.165, 1.54) is 0 Å². The molecule has 3 heteroatoms. The van der Waals surface area contributed by atoms with Crippen LogP contribution in [0.3, 0.4) is 0 Å². The third kappa shape index (κ3) is 162. The van der Waals surface area contributed by atoms with Crippen molar-refractivity contribution in [1.82, 2.24) is 0 Å². The maximum absolute atomic E-state index is 10.0. The van der Waals surface area contributed by atoms with Gasteiger partial charge < -0.3 is 9.85 Å². The molecule has 0 saturated heterocycles. The second-order valence-corrected chi connectivity index (χ2v) is 1.89. The van der Waals surface area contributed by atoms with Gasteiger partial charge >= 0.3 is 0 Å². The predicted molar refractivity (Wildman–Crippen MR) is 21.4 cm³/mol. The molecule has 2 nitrogen and oxygen atoms in total. The van der Waals surface area contributed by atoms with Crippen molar-refractivity contribution in [2.24, 2.45) is 0 Å². The molecular weight excluding hydrogens is 162 g/mol. The molecule has 0 atom stereocenters. The minimum absolute atomic E-state index is 0. The first-order chi connectivity index (χ1) is 2.00. The predicted octanol–water partition coefficient (Wildman–Crippen LogP) is 0.188. The van der Waals surface area contributed by atoms with Crippen LogP contribution in [-0.4, -0.2) is 25.8 Å². The Balaban J connectivity index is 0. The first kappa shape index (κ1) is 9.79. The zero-order chi connectivity index (χ0) is 4.50. The van der Waals surface area contributed by atoms with Gasteiger partial charge in [-0.05, 0) is 0 Å². The molecule has 0 unspecified atom stereocenters. The summed E-state index contributed by atoms with van der Waals surface area (Å²) in [5, 5.41) is 10.0. The van der Waals surface area contributed by atoms with Gasteiger partial charge in [0.1, 0.15) is 0 Å². The van der Waals surface area contributed by atoms with E-state index in [1.54, 1.807) is 21.1 Å². The van der Waals surface area contributed by atoms with Gasteiger partial charge in [-0.1, -0.05) is 0 Å². The summed E-state index contributed by atoms with van der Waals surface area (Å²) < 4.78 is -0.250. The summed E-state index contributed by atoms with van der Waals surface area (Å²) >= 11 is 0. The minimum Gasteiger partial charge on any atom is -0.633 e. The largest absolute Gasteiger partial charge is 0.633 e. The summed E-state index contributed by atoms with van der Waals surface area (Å²) in [5.41, 5.74) is 0. The maximum Gasteiger partial charge on any atom is 0.0674 e. The van der Waals surface area contributed by atoms with Gasteiger partial charge in [0.05, 0.1) is 21.1 Å². The van der Waals surface area contributed by atoms with Gasteiger partial charge in [0.15, 0.2) is 0 Å². The fourth-order valence-corrected chi connectivity index (χ4v) is 0. The van der Waals surface area contributed by atoms with Crippen LogP contribution in [0.2, 0.25) is 0 Å². The first-order valence-corrected chi connectivity index (χ1v) is 1.52. The number of hydroxylamine groups is 3. The number of rotatable bonds is 0. The zero-order valence-corrected chi connectivity index (χ0v) is 6.27. The molecule has 0 heterocycles. The number of hydrogen-bond acceptors (Lipinski definition) is 1. The summed E-state index contributed by atoms with van der Waals surface area (Å²) in [4.78, 5) is 0. The Bertz CT molecular complexity index is 26.3. The van der Waals surface area contributed by atoms with Crippen LogP contribution in [0.15, 0.2) is 0 Å². The van der Waals surface area contributed by atoms with Crippen LogP contribution >= 0.6 is 0 Å². The molecule has 0 fully saturated rings. The Hall–Kier alpha value is 0.608. The van der Waals surface area contributed by atoms with E-state index in [1.807, 2.05) is 0 Å². The minimum atomic E-state index is -0.250. The van der Waals surface area contributed by atoms with E-state index in [4.69, 9.17) is 0 Å². The fraction of sp³-hybridized carbons (Fsp3) is 1.00. The standard InChI is InChI=1S/C3H9NO.Mo/c1-4(2,3)5;/h1-3H3;. The van der Waals surface area contributed by atoms with Crippen LogP contribution < -0.4 is 0 Å². The van der Waals surface area contributed by atoms with Gasteiger partial charge in [0.2, 0.25) is 0 Å². The summed E-state index contributed by atoms with van der Waals surface area (Å²) in [6, 6.07) is 0. The first-order valence-electron chi connectivity index (χ1n) is 1.52. The van der Waals surface area contributed by atoms with E-state index in [2.05, 4.69) is 0 Å². The summed E-state index contributed by atoms with van der Waals surface area (Å²) in [5.74, 6) is 0. The van der Waals surface area contributed by atoms with Crippen LogP contribution in [-0.2, 0) is 21.1 Å². The normalized spacial score (nSPS) is 10.0. The molecule has 0 aromatic carbocycles. The van der Waals surface area contributed by atoms with E-state index in [0.29, 0.717) is 0 Å². The van der Waals surface area contributed by atoms with E-state index in [9.17, 15) is 5.21 Å². The van der Waals surface area contributed by atoms with Gasteiger partial charge in [-0.25, -0.2) is 0 Å². The second kappa shape index (κ2) is 2.73. The Morgan fingerprint density at radius 1 is 1.17 bits per heavy atom. The molecule has 0 spiro atoms. The third-order valence-electron chi connectivity index (χ3n) is 0. The Morgan fingerprint density at radius 3 is 1.17 bits per heavy atom. The average molecular weight is 171 g/mol. The number of hydrogen-bond donors (Lipinski definition) is 0. The van der Waals surface area contributed by atoms with Gasteiger partial charge in [-0.3, -0.25) is 0 Å². The molecule has 0 aliphatic rings. The molecule has 0 radical (unpaired) electrons. The molecule has 38 valence electrons. The summed E-state index contributed by atoms with van der Waals surface area (Å²) in [7, 11) is 4.71. The van der Waals surface area contributed by atoms with Crippen molar-refractivity contribution in [2.75, 3.05) is 21.1 Å². The molecule has 0 bridgehead atoms.